The normalized spacial score (nSPS) is 24.7. The maximum atomic E-state index is 11.1. The number of rotatable bonds is 3. The number of carbonyl (C=O) groups excluding carboxylic acids is 1. The van der Waals surface area contributed by atoms with Gasteiger partial charge in [-0.05, 0) is 6.42 Å². The second kappa shape index (κ2) is 4.45. The smallest absolute Gasteiger partial charge is 0.236 e. The van der Waals surface area contributed by atoms with Gasteiger partial charge in [0, 0.05) is 19.6 Å². The summed E-state index contributed by atoms with van der Waals surface area (Å²) in [4.78, 5) is 12.9. The van der Waals surface area contributed by atoms with Gasteiger partial charge in [0.05, 0.1) is 6.54 Å². The molecule has 0 aromatic heterocycles. The van der Waals surface area contributed by atoms with E-state index < -0.39 is 0 Å². The fourth-order valence-corrected chi connectivity index (χ4v) is 1.51. The molecule has 1 aliphatic heterocycles. The molecule has 1 rings (SSSR count). The maximum Gasteiger partial charge on any atom is 0.236 e. The molecule has 1 amide bonds. The average molecular weight is 170 g/mol. The van der Waals surface area contributed by atoms with Crippen LogP contribution in [0.2, 0.25) is 0 Å². The number of hydrogen-bond acceptors (Lipinski definition) is 2. The molecule has 0 aromatic rings. The third-order valence-corrected chi connectivity index (χ3v) is 2.37. The number of nitrogens with zero attached hydrogens (tertiary/aromatic N) is 1. The molecular formula is C9H18N2O. The molecule has 0 bridgehead atoms. The van der Waals surface area contributed by atoms with Crippen LogP contribution in [0.25, 0.3) is 0 Å². The van der Waals surface area contributed by atoms with Gasteiger partial charge in [-0.25, -0.2) is 0 Å². The highest BCUT2D eigenvalue weighted by Crippen LogP contribution is 2.05. The molecule has 0 radical (unpaired) electrons. The largest absolute Gasteiger partial charge is 0.343 e. The molecule has 0 unspecified atom stereocenters. The number of unbranched alkanes of at least 4 members (excludes halogenated alkanes) is 1. The lowest BCUT2D eigenvalue weighted by molar-refractivity contribution is -0.131. The van der Waals surface area contributed by atoms with Gasteiger partial charge in [-0.3, -0.25) is 4.79 Å². The second-order valence-corrected chi connectivity index (χ2v) is 3.49. The van der Waals surface area contributed by atoms with Gasteiger partial charge in [-0.15, -0.1) is 0 Å². The van der Waals surface area contributed by atoms with E-state index in [1.165, 1.54) is 19.3 Å². The van der Waals surface area contributed by atoms with Crippen molar-refractivity contribution in [2.75, 3.05) is 20.1 Å². The van der Waals surface area contributed by atoms with Crippen molar-refractivity contribution in [1.29, 1.82) is 0 Å². The molecule has 1 aliphatic rings. The van der Waals surface area contributed by atoms with Crippen LogP contribution in [0.1, 0.15) is 26.2 Å². The molecule has 3 heteroatoms. The Balaban J connectivity index is 2.25. The lowest BCUT2D eigenvalue weighted by Crippen LogP contribution is -2.52. The topological polar surface area (TPSA) is 32.3 Å². The average Bonchev–Trinajstić information content (AvgIpc) is 2.07. The van der Waals surface area contributed by atoms with E-state index in [9.17, 15) is 4.79 Å². The predicted octanol–water partition coefficient (Wildman–Crippen LogP) is 0.607. The Bertz CT molecular complexity index is 159. The SMILES string of the molecule is CCCC[C@@H]1CN(C)C(=O)CN1. The molecule has 12 heavy (non-hydrogen) atoms. The van der Waals surface area contributed by atoms with Crippen molar-refractivity contribution in [3.8, 4) is 0 Å². The summed E-state index contributed by atoms with van der Waals surface area (Å²) in [7, 11) is 1.88. The first kappa shape index (κ1) is 9.52. The van der Waals surface area contributed by atoms with E-state index in [4.69, 9.17) is 0 Å². The van der Waals surface area contributed by atoms with Gasteiger partial charge in [0.15, 0.2) is 0 Å². The van der Waals surface area contributed by atoms with Crippen molar-refractivity contribution in [3.05, 3.63) is 0 Å². The highest BCUT2D eigenvalue weighted by atomic mass is 16.2. The minimum Gasteiger partial charge on any atom is -0.343 e. The van der Waals surface area contributed by atoms with Crippen LogP contribution < -0.4 is 5.32 Å². The predicted molar refractivity (Wildman–Crippen MR) is 49.0 cm³/mol. The summed E-state index contributed by atoms with van der Waals surface area (Å²) in [6.45, 7) is 3.58. The van der Waals surface area contributed by atoms with Crippen LogP contribution in [0, 0.1) is 0 Å². The summed E-state index contributed by atoms with van der Waals surface area (Å²) < 4.78 is 0. The van der Waals surface area contributed by atoms with Crippen molar-refractivity contribution >= 4 is 5.91 Å². The van der Waals surface area contributed by atoms with Crippen LogP contribution in [0.15, 0.2) is 0 Å². The van der Waals surface area contributed by atoms with Crippen molar-refractivity contribution < 1.29 is 4.79 Å². The number of hydrogen-bond donors (Lipinski definition) is 1. The Kier molecular flexibility index (Phi) is 3.53. The van der Waals surface area contributed by atoms with Gasteiger partial charge in [-0.1, -0.05) is 19.8 Å². The second-order valence-electron chi connectivity index (χ2n) is 3.49. The van der Waals surface area contributed by atoms with Gasteiger partial charge in [0.1, 0.15) is 0 Å². The van der Waals surface area contributed by atoms with Gasteiger partial charge in [0.25, 0.3) is 0 Å². The maximum absolute atomic E-state index is 11.1. The summed E-state index contributed by atoms with van der Waals surface area (Å²) in [5, 5.41) is 3.24. The molecule has 1 heterocycles. The Hall–Kier alpha value is -0.570. The lowest BCUT2D eigenvalue weighted by Gasteiger charge is -2.30. The fourth-order valence-electron chi connectivity index (χ4n) is 1.51. The van der Waals surface area contributed by atoms with Gasteiger partial charge < -0.3 is 10.2 Å². The van der Waals surface area contributed by atoms with Crippen LogP contribution in [0.5, 0.6) is 0 Å². The molecule has 0 aromatic carbocycles. The Morgan fingerprint density at radius 2 is 2.42 bits per heavy atom. The van der Waals surface area contributed by atoms with Gasteiger partial charge >= 0.3 is 0 Å². The number of amides is 1. The lowest BCUT2D eigenvalue weighted by atomic mass is 10.1. The Labute approximate surface area is 74.1 Å². The molecule has 1 N–H and O–H groups in total. The molecule has 1 fully saturated rings. The van der Waals surface area contributed by atoms with E-state index in [2.05, 4.69) is 12.2 Å². The molecule has 0 aliphatic carbocycles. The standard InChI is InChI=1S/C9H18N2O/c1-3-4-5-8-7-11(2)9(12)6-10-8/h8,10H,3-7H2,1-2H3/t8-/m1/s1. The van der Waals surface area contributed by atoms with E-state index in [1.54, 1.807) is 0 Å². The first-order valence-electron chi connectivity index (χ1n) is 4.71. The van der Waals surface area contributed by atoms with Crippen LogP contribution in [0.4, 0.5) is 0 Å². The summed E-state index contributed by atoms with van der Waals surface area (Å²) >= 11 is 0. The van der Waals surface area contributed by atoms with Crippen molar-refractivity contribution in [2.45, 2.75) is 32.2 Å². The minimum atomic E-state index is 0.211. The first-order valence-corrected chi connectivity index (χ1v) is 4.71. The van der Waals surface area contributed by atoms with Crippen molar-refractivity contribution in [1.82, 2.24) is 10.2 Å². The molecule has 3 nitrogen and oxygen atoms in total. The molecular weight excluding hydrogens is 152 g/mol. The monoisotopic (exact) mass is 170 g/mol. The zero-order valence-corrected chi connectivity index (χ0v) is 7.97. The summed E-state index contributed by atoms with van der Waals surface area (Å²) in [5.41, 5.74) is 0. The van der Waals surface area contributed by atoms with Crippen LogP contribution in [-0.4, -0.2) is 37.0 Å². The first-order chi connectivity index (χ1) is 5.74. The van der Waals surface area contributed by atoms with Crippen LogP contribution in [0.3, 0.4) is 0 Å². The quantitative estimate of drug-likeness (QED) is 0.673. The van der Waals surface area contributed by atoms with Gasteiger partial charge in [-0.2, -0.15) is 0 Å². The van der Waals surface area contributed by atoms with E-state index in [-0.39, 0.29) is 5.91 Å². The Morgan fingerprint density at radius 1 is 1.67 bits per heavy atom. The highest BCUT2D eigenvalue weighted by molar-refractivity contribution is 5.78. The summed E-state index contributed by atoms with van der Waals surface area (Å²) in [5.74, 6) is 0.211. The molecule has 0 saturated carbocycles. The van der Waals surface area contributed by atoms with E-state index in [1.807, 2.05) is 11.9 Å². The zero-order valence-electron chi connectivity index (χ0n) is 7.97. The molecule has 1 atom stereocenters. The zero-order chi connectivity index (χ0) is 8.97. The summed E-state index contributed by atoms with van der Waals surface area (Å²) in [6, 6.07) is 0.521. The van der Waals surface area contributed by atoms with E-state index >= 15 is 0 Å². The minimum absolute atomic E-state index is 0.211. The van der Waals surface area contributed by atoms with Gasteiger partial charge in [0.2, 0.25) is 5.91 Å². The fraction of sp³-hybridized carbons (Fsp3) is 0.889. The van der Waals surface area contributed by atoms with E-state index in [0.717, 1.165) is 6.54 Å². The molecule has 1 saturated heterocycles. The molecule has 0 spiro atoms. The number of carbonyl (C=O) groups is 1. The van der Waals surface area contributed by atoms with Crippen molar-refractivity contribution in [3.63, 3.8) is 0 Å². The van der Waals surface area contributed by atoms with E-state index in [0.29, 0.717) is 12.6 Å². The number of piperazine rings is 1. The highest BCUT2D eigenvalue weighted by Gasteiger charge is 2.20. The molecule has 70 valence electrons. The van der Waals surface area contributed by atoms with Crippen LogP contribution >= 0.6 is 0 Å². The van der Waals surface area contributed by atoms with Crippen LogP contribution in [-0.2, 0) is 4.79 Å². The number of likely N-dealkylation sites (N-methyl/N-ethyl adjacent to an activating group) is 1. The third kappa shape index (κ3) is 2.48. The Morgan fingerprint density at radius 3 is 3.00 bits per heavy atom. The van der Waals surface area contributed by atoms with Crippen molar-refractivity contribution in [2.24, 2.45) is 0 Å². The number of nitrogens with one attached hydrogen (secondary N) is 1. The summed E-state index contributed by atoms with van der Waals surface area (Å²) in [6.07, 6.45) is 3.67. The third-order valence-electron chi connectivity index (χ3n) is 2.37.